The van der Waals surface area contributed by atoms with E-state index in [1.807, 2.05) is 24.3 Å². The first kappa shape index (κ1) is 18.2. The van der Waals surface area contributed by atoms with E-state index in [0.29, 0.717) is 12.5 Å². The van der Waals surface area contributed by atoms with Crippen LogP contribution in [0.4, 0.5) is 0 Å². The standard InChI is InChI=1S/C19H25NO4S/c1-2-24-17(21)12-15-14-10-6-7-11-16(14)25-19(18(15)20(22)23)13-8-4-3-5-9-13/h6-7,10-11,13,15,18-19H,2-5,8-9,12H2,1H3/t15-,18-,19+/m0/s1. The molecular weight excluding hydrogens is 338 g/mol. The minimum Gasteiger partial charge on any atom is -0.466 e. The Morgan fingerprint density at radius 3 is 2.68 bits per heavy atom. The summed E-state index contributed by atoms with van der Waals surface area (Å²) in [6, 6.07) is 7.10. The second kappa shape index (κ2) is 8.21. The summed E-state index contributed by atoms with van der Waals surface area (Å²) in [5.74, 6) is -0.394. The topological polar surface area (TPSA) is 69.4 Å². The molecule has 0 aromatic heterocycles. The molecular formula is C19H25NO4S. The second-order valence-electron chi connectivity index (χ2n) is 6.91. The molecule has 0 spiro atoms. The minimum atomic E-state index is -0.729. The molecule has 136 valence electrons. The number of esters is 1. The summed E-state index contributed by atoms with van der Waals surface area (Å²) in [4.78, 5) is 25.1. The number of rotatable bonds is 5. The smallest absolute Gasteiger partial charge is 0.306 e. The van der Waals surface area contributed by atoms with E-state index in [4.69, 9.17) is 4.74 Å². The molecule has 1 aromatic carbocycles. The molecule has 0 radical (unpaired) electrons. The summed E-state index contributed by atoms with van der Waals surface area (Å²) in [6.45, 7) is 2.06. The van der Waals surface area contributed by atoms with E-state index in [9.17, 15) is 14.9 Å². The van der Waals surface area contributed by atoms with E-state index in [0.717, 1.165) is 36.1 Å². The highest BCUT2D eigenvalue weighted by Gasteiger charge is 2.49. The van der Waals surface area contributed by atoms with Crippen molar-refractivity contribution >= 4 is 17.7 Å². The second-order valence-corrected chi connectivity index (χ2v) is 8.13. The molecule has 1 saturated carbocycles. The van der Waals surface area contributed by atoms with Gasteiger partial charge in [-0.15, -0.1) is 11.8 Å². The van der Waals surface area contributed by atoms with Gasteiger partial charge in [0.25, 0.3) is 0 Å². The molecule has 0 amide bonds. The van der Waals surface area contributed by atoms with Gasteiger partial charge in [0.1, 0.15) is 0 Å². The van der Waals surface area contributed by atoms with Crippen LogP contribution < -0.4 is 0 Å². The third kappa shape index (κ3) is 4.00. The van der Waals surface area contributed by atoms with Gasteiger partial charge in [0.05, 0.1) is 24.2 Å². The molecule has 1 heterocycles. The first-order chi connectivity index (χ1) is 12.1. The van der Waals surface area contributed by atoms with E-state index < -0.39 is 12.0 Å². The summed E-state index contributed by atoms with van der Waals surface area (Å²) < 4.78 is 5.10. The van der Waals surface area contributed by atoms with Crippen molar-refractivity contribution in [3.63, 3.8) is 0 Å². The van der Waals surface area contributed by atoms with Gasteiger partial charge >= 0.3 is 5.97 Å². The monoisotopic (exact) mass is 363 g/mol. The van der Waals surface area contributed by atoms with Gasteiger partial charge in [-0.1, -0.05) is 37.5 Å². The van der Waals surface area contributed by atoms with Crippen LogP contribution >= 0.6 is 11.8 Å². The van der Waals surface area contributed by atoms with Gasteiger partial charge in [-0.3, -0.25) is 14.9 Å². The fourth-order valence-electron chi connectivity index (χ4n) is 4.26. The molecule has 3 rings (SSSR count). The van der Waals surface area contributed by atoms with Gasteiger partial charge in [-0.25, -0.2) is 0 Å². The molecule has 0 saturated heterocycles. The van der Waals surface area contributed by atoms with E-state index in [1.54, 1.807) is 18.7 Å². The molecule has 5 nitrogen and oxygen atoms in total. The van der Waals surface area contributed by atoms with Gasteiger partial charge in [0.2, 0.25) is 6.04 Å². The lowest BCUT2D eigenvalue weighted by atomic mass is 9.78. The highest BCUT2D eigenvalue weighted by Crippen LogP contribution is 2.49. The van der Waals surface area contributed by atoms with Crippen LogP contribution in [0.3, 0.4) is 0 Å². The number of carbonyl (C=O) groups is 1. The van der Waals surface area contributed by atoms with Crippen LogP contribution in [0.15, 0.2) is 29.2 Å². The first-order valence-electron chi connectivity index (χ1n) is 9.16. The van der Waals surface area contributed by atoms with E-state index >= 15 is 0 Å². The number of nitrogens with zero attached hydrogens (tertiary/aromatic N) is 1. The number of carbonyl (C=O) groups excluding carboxylic acids is 1. The Morgan fingerprint density at radius 2 is 2.00 bits per heavy atom. The zero-order valence-corrected chi connectivity index (χ0v) is 15.4. The fourth-order valence-corrected chi connectivity index (χ4v) is 5.96. The molecule has 1 aromatic rings. The Labute approximate surface area is 152 Å². The van der Waals surface area contributed by atoms with E-state index in [-0.39, 0.29) is 22.6 Å². The number of hydrogen-bond donors (Lipinski definition) is 0. The minimum absolute atomic E-state index is 0.0652. The highest BCUT2D eigenvalue weighted by molar-refractivity contribution is 8.00. The van der Waals surface area contributed by atoms with Crippen LogP contribution in [0.1, 0.15) is 56.9 Å². The van der Waals surface area contributed by atoms with Crippen molar-refractivity contribution in [2.75, 3.05) is 6.61 Å². The lowest BCUT2D eigenvalue weighted by molar-refractivity contribution is -0.528. The first-order valence-corrected chi connectivity index (χ1v) is 10.0. The van der Waals surface area contributed by atoms with Crippen LogP contribution in [0.5, 0.6) is 0 Å². The molecule has 0 N–H and O–H groups in total. The van der Waals surface area contributed by atoms with Gasteiger partial charge < -0.3 is 4.74 Å². The van der Waals surface area contributed by atoms with Crippen molar-refractivity contribution in [1.82, 2.24) is 0 Å². The largest absolute Gasteiger partial charge is 0.466 e. The molecule has 6 heteroatoms. The van der Waals surface area contributed by atoms with Crippen molar-refractivity contribution in [3.8, 4) is 0 Å². The van der Waals surface area contributed by atoms with Crippen LogP contribution in [0.25, 0.3) is 0 Å². The summed E-state index contributed by atoms with van der Waals surface area (Å²) in [5, 5.41) is 11.9. The van der Waals surface area contributed by atoms with Gasteiger partial charge in [-0.05, 0) is 37.3 Å². The molecule has 1 aliphatic carbocycles. The average Bonchev–Trinajstić information content (AvgIpc) is 2.62. The summed E-state index contributed by atoms with van der Waals surface area (Å²) in [6.07, 6.45) is 5.71. The molecule has 1 fully saturated rings. The van der Waals surface area contributed by atoms with Crippen LogP contribution in [-0.4, -0.2) is 28.8 Å². The third-order valence-electron chi connectivity index (χ3n) is 5.38. The Hall–Kier alpha value is -1.56. The lowest BCUT2D eigenvalue weighted by Gasteiger charge is -2.38. The molecule has 1 aliphatic heterocycles. The maximum absolute atomic E-state index is 12.1. The van der Waals surface area contributed by atoms with E-state index in [1.165, 1.54) is 6.42 Å². The predicted molar refractivity (Wildman–Crippen MR) is 97.4 cm³/mol. The fraction of sp³-hybridized carbons (Fsp3) is 0.632. The van der Waals surface area contributed by atoms with E-state index in [2.05, 4.69) is 0 Å². The van der Waals surface area contributed by atoms with Crippen molar-refractivity contribution in [2.24, 2.45) is 5.92 Å². The van der Waals surface area contributed by atoms with Gasteiger partial charge in [-0.2, -0.15) is 0 Å². The van der Waals surface area contributed by atoms with Crippen molar-refractivity contribution in [3.05, 3.63) is 39.9 Å². The zero-order chi connectivity index (χ0) is 17.8. The number of ether oxygens (including phenoxy) is 1. The number of hydrogen-bond acceptors (Lipinski definition) is 5. The van der Waals surface area contributed by atoms with Gasteiger partial charge in [0.15, 0.2) is 0 Å². The Bertz CT molecular complexity index is 630. The van der Waals surface area contributed by atoms with Crippen molar-refractivity contribution in [2.45, 2.75) is 67.6 Å². The SMILES string of the molecule is CCOC(=O)C[C@H]1c2ccccc2S[C@H](C2CCCCC2)[C@H]1[N+](=O)[O-]. The van der Waals surface area contributed by atoms with Crippen molar-refractivity contribution < 1.29 is 14.5 Å². The normalized spacial score (nSPS) is 26.7. The Kier molecular flexibility index (Phi) is 5.99. The molecule has 0 bridgehead atoms. The summed E-state index contributed by atoms with van der Waals surface area (Å²) in [7, 11) is 0. The molecule has 2 aliphatic rings. The lowest BCUT2D eigenvalue weighted by Crippen LogP contribution is -2.45. The highest BCUT2D eigenvalue weighted by atomic mass is 32.2. The number of fused-ring (bicyclic) bond motifs is 1. The van der Waals surface area contributed by atoms with Crippen molar-refractivity contribution in [1.29, 1.82) is 0 Å². The molecule has 25 heavy (non-hydrogen) atoms. The predicted octanol–water partition coefficient (Wildman–Crippen LogP) is 4.42. The molecule has 0 unspecified atom stereocenters. The number of thioether (sulfide) groups is 1. The van der Waals surface area contributed by atoms with Crippen LogP contribution in [-0.2, 0) is 9.53 Å². The van der Waals surface area contributed by atoms with Crippen LogP contribution in [0.2, 0.25) is 0 Å². The van der Waals surface area contributed by atoms with Gasteiger partial charge in [0, 0.05) is 9.82 Å². The summed E-state index contributed by atoms with van der Waals surface area (Å²) >= 11 is 1.65. The molecule has 3 atom stereocenters. The Balaban J connectivity index is 1.95. The average molecular weight is 363 g/mol. The van der Waals surface area contributed by atoms with Crippen LogP contribution in [0, 0.1) is 16.0 Å². The zero-order valence-electron chi connectivity index (χ0n) is 14.6. The quantitative estimate of drug-likeness (QED) is 0.440. The third-order valence-corrected chi connectivity index (χ3v) is 6.94. The number of benzene rings is 1. The number of nitro groups is 1. The maximum Gasteiger partial charge on any atom is 0.306 e. The summed E-state index contributed by atoms with van der Waals surface area (Å²) in [5.41, 5.74) is 0.925. The maximum atomic E-state index is 12.1. The Morgan fingerprint density at radius 1 is 1.28 bits per heavy atom.